The minimum atomic E-state index is -3.17. The van der Waals surface area contributed by atoms with Crippen molar-refractivity contribution in [2.75, 3.05) is 0 Å². The summed E-state index contributed by atoms with van der Waals surface area (Å²) in [5.74, 6) is 0. The van der Waals surface area contributed by atoms with Crippen molar-refractivity contribution >= 4 is 56.9 Å². The Kier molecular flexibility index (Phi) is 49.4. The van der Waals surface area contributed by atoms with E-state index in [1.165, 1.54) is 0 Å². The average Bonchev–Trinajstić information content (AvgIpc) is 1.54. The first kappa shape index (κ1) is 29.3. The Morgan fingerprint density at radius 1 is 0.500 bits per heavy atom. The van der Waals surface area contributed by atoms with Gasteiger partial charge in [0, 0.05) is 0 Å². The van der Waals surface area contributed by atoms with E-state index in [-0.39, 0.29) is 34.7 Å². The first-order valence-corrected chi connectivity index (χ1v) is 2.07. The normalized spacial score (nSPS) is 5.79. The van der Waals surface area contributed by atoms with E-state index < -0.39 is 22.2 Å². The van der Waals surface area contributed by atoms with E-state index >= 15 is 0 Å². The molecule has 14 heteroatoms. The maximum atomic E-state index is 9.89. The Morgan fingerprint density at radius 2 is 0.500 bits per heavy atom. The Bertz CT molecular complexity index is 54.8. The van der Waals surface area contributed by atoms with E-state index in [1.54, 1.807) is 0 Å². The molecule has 0 N–H and O–H groups in total. The van der Waals surface area contributed by atoms with Crippen LogP contribution in [0.2, 0.25) is 0 Å². The monoisotopic (exact) mass is 240 g/mol. The molecule has 0 aliphatic rings. The summed E-state index contributed by atoms with van der Waals surface area (Å²) in [5.41, 5.74) is 0. The van der Waals surface area contributed by atoms with Gasteiger partial charge in [-0.15, -0.1) is 0 Å². The molecule has 0 aromatic rings. The first-order valence-electron chi connectivity index (χ1n) is 2.07. The molecule has 0 aromatic carbocycles. The van der Waals surface area contributed by atoms with Gasteiger partial charge in [0.15, 0.2) is 0 Å². The summed E-state index contributed by atoms with van der Waals surface area (Å²) in [5, 5.41) is 49.8. The number of rotatable bonds is 0. The van der Waals surface area contributed by atoms with E-state index in [0.717, 1.165) is 0 Å². The van der Waals surface area contributed by atoms with Crippen molar-refractivity contribution in [2.45, 2.75) is 0 Å². The maximum absolute atomic E-state index is 9.89. The third kappa shape index (κ3) is 2720. The maximum Gasteiger partial charge on any atom is 3.00 e. The minimum Gasteiger partial charge on any atom is -0.867 e. The summed E-state index contributed by atoms with van der Waals surface area (Å²) in [7, 11) is -9.50. The Hall–Kier alpha value is 0.810. The predicted octanol–water partition coefficient (Wildman–Crippen LogP) is -7.78. The number of halogens is 3. The zero-order valence-corrected chi connectivity index (χ0v) is 8.78. The van der Waals surface area contributed by atoms with Crippen LogP contribution in [0.5, 0.6) is 0 Å². The van der Waals surface area contributed by atoms with Gasteiger partial charge in [0.25, 0.3) is 0 Å². The molecule has 0 amide bonds. The van der Waals surface area contributed by atoms with Crippen LogP contribution in [0.4, 0.5) is 12.9 Å². The molecular weight excluding hydrogens is 239 g/mol. The van der Waals surface area contributed by atoms with Gasteiger partial charge in [-0.2, -0.15) is 0 Å². The SMILES string of the molecule is [Al+3].[Al+3].[O-]B([O-])F.[O-]B([O-])F.[O-]B([O-])F. The average molecular weight is 239 g/mol. The van der Waals surface area contributed by atoms with Crippen molar-refractivity contribution in [3.63, 3.8) is 0 Å². The first-order chi connectivity index (χ1) is 5.20. The molecular formula is Al2B3F3O6. The second-order valence-electron chi connectivity index (χ2n) is 0.823. The summed E-state index contributed by atoms with van der Waals surface area (Å²) in [6.45, 7) is 0. The van der Waals surface area contributed by atoms with Gasteiger partial charge in [0.1, 0.15) is 22.2 Å². The second kappa shape index (κ2) is 23.5. The molecule has 0 aromatic heterocycles. The van der Waals surface area contributed by atoms with Crippen molar-refractivity contribution in [1.82, 2.24) is 0 Å². The molecule has 6 nitrogen and oxygen atoms in total. The Labute approximate surface area is 100 Å². The van der Waals surface area contributed by atoms with Crippen LogP contribution in [0, 0.1) is 0 Å². The van der Waals surface area contributed by atoms with Gasteiger partial charge in [0.05, 0.1) is 0 Å². The van der Waals surface area contributed by atoms with Crippen LogP contribution in [0.3, 0.4) is 0 Å². The van der Waals surface area contributed by atoms with Gasteiger partial charge in [0.2, 0.25) is 0 Å². The number of hydrogen-bond donors (Lipinski definition) is 0. The fourth-order valence-electron chi connectivity index (χ4n) is 0. The second-order valence-corrected chi connectivity index (χ2v) is 0.823. The van der Waals surface area contributed by atoms with E-state index in [1.807, 2.05) is 0 Å². The third-order valence-corrected chi connectivity index (χ3v) is 0. The van der Waals surface area contributed by atoms with Gasteiger partial charge < -0.3 is 43.1 Å². The molecule has 14 heavy (non-hydrogen) atoms. The van der Waals surface area contributed by atoms with Crippen molar-refractivity contribution in [1.29, 1.82) is 0 Å². The largest absolute Gasteiger partial charge is 3.00 e. The van der Waals surface area contributed by atoms with Crippen LogP contribution in [-0.4, -0.2) is 56.9 Å². The number of hydrogen-bond acceptors (Lipinski definition) is 6. The molecule has 0 saturated carbocycles. The van der Waals surface area contributed by atoms with Crippen LogP contribution < -0.4 is 30.1 Å². The van der Waals surface area contributed by atoms with Gasteiger partial charge in [-0.3, -0.25) is 0 Å². The molecule has 72 valence electrons. The summed E-state index contributed by atoms with van der Waals surface area (Å²) >= 11 is 0. The minimum absolute atomic E-state index is 0. The molecule has 0 rings (SSSR count). The van der Waals surface area contributed by atoms with Crippen LogP contribution in [0.1, 0.15) is 0 Å². The van der Waals surface area contributed by atoms with Crippen molar-refractivity contribution < 1.29 is 43.1 Å². The van der Waals surface area contributed by atoms with Crippen LogP contribution in [-0.2, 0) is 0 Å². The molecule has 0 bridgehead atoms. The molecule has 0 unspecified atom stereocenters. The van der Waals surface area contributed by atoms with Crippen molar-refractivity contribution in [3.05, 3.63) is 0 Å². The van der Waals surface area contributed by atoms with Crippen molar-refractivity contribution in [3.8, 4) is 0 Å². The summed E-state index contributed by atoms with van der Waals surface area (Å²) in [6.07, 6.45) is 0. The molecule has 0 spiro atoms. The molecule has 0 aliphatic carbocycles. The third-order valence-electron chi connectivity index (χ3n) is 0. The Balaban J connectivity index is -0.0000000270. The van der Waals surface area contributed by atoms with E-state index in [4.69, 9.17) is 30.1 Å². The fourth-order valence-corrected chi connectivity index (χ4v) is 0. The van der Waals surface area contributed by atoms with Gasteiger partial charge in [-0.25, -0.2) is 0 Å². The molecule has 0 atom stereocenters. The zero-order valence-electron chi connectivity index (χ0n) is 6.47. The van der Waals surface area contributed by atoms with Crippen LogP contribution in [0.15, 0.2) is 0 Å². The smallest absolute Gasteiger partial charge is 0.867 e. The van der Waals surface area contributed by atoms with Crippen molar-refractivity contribution in [2.24, 2.45) is 0 Å². The topological polar surface area (TPSA) is 138 Å². The van der Waals surface area contributed by atoms with Gasteiger partial charge in [-0.05, 0) is 0 Å². The molecule has 0 heterocycles. The van der Waals surface area contributed by atoms with Gasteiger partial charge in [-0.1, -0.05) is 0 Å². The zero-order chi connectivity index (χ0) is 10.7. The molecule has 0 aliphatic heterocycles. The molecule has 0 saturated heterocycles. The Morgan fingerprint density at radius 3 is 0.500 bits per heavy atom. The van der Waals surface area contributed by atoms with Crippen LogP contribution in [0.25, 0.3) is 0 Å². The summed E-state index contributed by atoms with van der Waals surface area (Å²) < 4.78 is 29.7. The van der Waals surface area contributed by atoms with E-state index in [9.17, 15) is 12.9 Å². The van der Waals surface area contributed by atoms with E-state index in [2.05, 4.69) is 0 Å². The summed E-state index contributed by atoms with van der Waals surface area (Å²) in [6, 6.07) is 0. The quantitative estimate of drug-likeness (QED) is 0.385. The molecule has 0 fully saturated rings. The standard InChI is InChI=1S/2Al.3BFO2/c;;3*2-1(3)4/q2*+3;3*-2. The van der Waals surface area contributed by atoms with Gasteiger partial charge >= 0.3 is 34.7 Å². The fraction of sp³-hybridized carbons (Fsp3) is 0. The van der Waals surface area contributed by atoms with Crippen LogP contribution >= 0.6 is 0 Å². The molecule has 0 radical (unpaired) electrons. The van der Waals surface area contributed by atoms with E-state index in [0.29, 0.717) is 0 Å². The summed E-state index contributed by atoms with van der Waals surface area (Å²) in [4.78, 5) is 0. The predicted molar refractivity (Wildman–Crippen MR) is 32.1 cm³/mol.